The Morgan fingerprint density at radius 2 is 1.65 bits per heavy atom. The Bertz CT molecular complexity index is 1190. The SMILES string of the molecule is CC1=C(OCC(=O)O)C(O)C=C2C1=CC=C1[C@@]2(C)CC[C@@]2(C)[C@@H]3C[C@](C)(C(=O)O)CC[C@]3(C)CC[C@]12C. The van der Waals surface area contributed by atoms with Crippen molar-refractivity contribution < 1.29 is 29.6 Å². The fourth-order valence-corrected chi connectivity index (χ4v) is 9.10. The molecule has 37 heavy (non-hydrogen) atoms. The van der Waals surface area contributed by atoms with Crippen LogP contribution in [0.5, 0.6) is 0 Å². The Kier molecular flexibility index (Phi) is 5.74. The van der Waals surface area contributed by atoms with Crippen molar-refractivity contribution >= 4 is 11.9 Å². The van der Waals surface area contributed by atoms with Crippen molar-refractivity contribution in [2.45, 2.75) is 92.6 Å². The predicted molar refractivity (Wildman–Crippen MR) is 141 cm³/mol. The van der Waals surface area contributed by atoms with Crippen molar-refractivity contribution in [2.75, 3.05) is 6.61 Å². The first kappa shape index (κ1) is 26.3. The third-order valence-corrected chi connectivity index (χ3v) is 11.8. The molecule has 3 saturated carbocycles. The molecule has 6 nitrogen and oxygen atoms in total. The highest BCUT2D eigenvalue weighted by atomic mass is 16.5. The van der Waals surface area contributed by atoms with E-state index in [0.717, 1.165) is 61.7 Å². The lowest BCUT2D eigenvalue weighted by Gasteiger charge is -2.70. The zero-order valence-corrected chi connectivity index (χ0v) is 23.1. The van der Waals surface area contributed by atoms with Gasteiger partial charge in [0.2, 0.25) is 0 Å². The maximum absolute atomic E-state index is 12.3. The third-order valence-electron chi connectivity index (χ3n) is 11.8. The Morgan fingerprint density at radius 1 is 0.973 bits per heavy atom. The third kappa shape index (κ3) is 3.47. The Morgan fingerprint density at radius 3 is 2.30 bits per heavy atom. The maximum atomic E-state index is 12.3. The molecule has 0 saturated heterocycles. The number of aliphatic hydroxyl groups excluding tert-OH is 1. The molecule has 0 radical (unpaired) electrons. The predicted octanol–water partition coefficient (Wildman–Crippen LogP) is 6.03. The van der Waals surface area contributed by atoms with Crippen LogP contribution < -0.4 is 0 Å². The monoisotopic (exact) mass is 510 g/mol. The van der Waals surface area contributed by atoms with E-state index >= 15 is 0 Å². The van der Waals surface area contributed by atoms with E-state index in [1.807, 2.05) is 19.9 Å². The van der Waals surface area contributed by atoms with Gasteiger partial charge in [0, 0.05) is 5.41 Å². The lowest BCUT2D eigenvalue weighted by Crippen LogP contribution is -2.62. The molecular weight excluding hydrogens is 468 g/mol. The minimum Gasteiger partial charge on any atom is -0.483 e. The molecule has 5 rings (SSSR count). The molecule has 5 aliphatic carbocycles. The summed E-state index contributed by atoms with van der Waals surface area (Å²) in [5, 5.41) is 30.2. The van der Waals surface area contributed by atoms with Crippen molar-refractivity contribution in [1.82, 2.24) is 0 Å². The molecule has 5 aliphatic rings. The first-order chi connectivity index (χ1) is 17.1. The van der Waals surface area contributed by atoms with Crippen LogP contribution in [0.1, 0.15) is 86.5 Å². The van der Waals surface area contributed by atoms with Gasteiger partial charge in [0.05, 0.1) is 5.41 Å². The molecule has 0 heterocycles. The van der Waals surface area contributed by atoms with E-state index in [-0.39, 0.29) is 21.7 Å². The summed E-state index contributed by atoms with van der Waals surface area (Å²) in [7, 11) is 0. The van der Waals surface area contributed by atoms with E-state index in [9.17, 15) is 19.8 Å². The molecule has 202 valence electrons. The van der Waals surface area contributed by atoms with E-state index in [4.69, 9.17) is 9.84 Å². The summed E-state index contributed by atoms with van der Waals surface area (Å²) in [6, 6.07) is 0. The molecule has 0 aromatic rings. The Balaban J connectivity index is 1.58. The number of aliphatic hydroxyl groups is 1. The molecule has 3 fully saturated rings. The van der Waals surface area contributed by atoms with Gasteiger partial charge in [-0.15, -0.1) is 0 Å². The van der Waals surface area contributed by atoms with Crippen molar-refractivity contribution in [1.29, 1.82) is 0 Å². The molecule has 1 unspecified atom stereocenters. The van der Waals surface area contributed by atoms with Crippen LogP contribution in [0.15, 0.2) is 46.3 Å². The van der Waals surface area contributed by atoms with E-state index < -0.39 is 30.1 Å². The van der Waals surface area contributed by atoms with Gasteiger partial charge in [-0.2, -0.15) is 0 Å². The van der Waals surface area contributed by atoms with Crippen LogP contribution in [0.2, 0.25) is 0 Å². The van der Waals surface area contributed by atoms with Gasteiger partial charge in [0.15, 0.2) is 6.61 Å². The average molecular weight is 511 g/mol. The fraction of sp³-hybridized carbons (Fsp3) is 0.677. The zero-order chi connectivity index (χ0) is 27.2. The Labute approximate surface area is 220 Å². The van der Waals surface area contributed by atoms with Crippen molar-refractivity contribution in [3.8, 4) is 0 Å². The number of hydrogen-bond donors (Lipinski definition) is 3. The molecule has 0 spiro atoms. The van der Waals surface area contributed by atoms with E-state index in [1.165, 1.54) is 5.57 Å². The average Bonchev–Trinajstić information content (AvgIpc) is 2.82. The second-order valence-corrected chi connectivity index (χ2v) is 13.7. The molecule has 0 amide bonds. The van der Waals surface area contributed by atoms with E-state index in [0.29, 0.717) is 11.7 Å². The van der Waals surface area contributed by atoms with E-state index in [1.54, 1.807) is 0 Å². The number of carbonyl (C=O) groups is 2. The summed E-state index contributed by atoms with van der Waals surface area (Å²) >= 11 is 0. The number of fused-ring (bicyclic) bond motifs is 7. The highest BCUT2D eigenvalue weighted by Crippen LogP contribution is 2.75. The standard InChI is InChI=1S/C31H42O6/c1-18-19-7-8-22-29(4,20(19)15-21(32)25(18)37-17-24(33)34)12-14-31(6)23-16-28(3,26(35)36)10-9-27(23,2)11-13-30(22,31)5/h7-8,15,21,23,32H,9-14,16-17H2,1-6H3,(H,33,34)(H,35,36)/t21?,23-,27-,28-,29+,30-,31+/m1/s1. The molecule has 6 heteroatoms. The number of ether oxygens (including phenoxy) is 1. The van der Waals surface area contributed by atoms with Gasteiger partial charge >= 0.3 is 11.9 Å². The summed E-state index contributed by atoms with van der Waals surface area (Å²) in [5.74, 6) is -1.10. The molecule has 3 N–H and O–H groups in total. The second-order valence-electron chi connectivity index (χ2n) is 13.7. The summed E-state index contributed by atoms with van der Waals surface area (Å²) < 4.78 is 5.49. The molecule has 0 aliphatic heterocycles. The lowest BCUT2D eigenvalue weighted by atomic mass is 9.34. The number of aliphatic carboxylic acids is 2. The minimum atomic E-state index is -1.07. The number of carboxylic acids is 2. The van der Waals surface area contributed by atoms with Gasteiger partial charge in [-0.3, -0.25) is 4.79 Å². The summed E-state index contributed by atoms with van der Waals surface area (Å²) in [5.41, 5.74) is 3.42. The number of carboxylic acid groups (broad SMARTS) is 2. The lowest BCUT2D eigenvalue weighted by molar-refractivity contribution is -0.178. The summed E-state index contributed by atoms with van der Waals surface area (Å²) in [6.07, 6.45) is 11.8. The topological polar surface area (TPSA) is 104 Å². The van der Waals surface area contributed by atoms with Crippen LogP contribution in [-0.4, -0.2) is 40.0 Å². The molecule has 7 atom stereocenters. The normalized spacial score (nSPS) is 44.8. The van der Waals surface area contributed by atoms with E-state index in [2.05, 4.69) is 39.8 Å². The minimum absolute atomic E-state index is 0.0255. The van der Waals surface area contributed by atoms with Crippen LogP contribution in [0.3, 0.4) is 0 Å². The fourth-order valence-electron chi connectivity index (χ4n) is 9.10. The molecule has 0 aromatic heterocycles. The van der Waals surface area contributed by atoms with Crippen LogP contribution in [0, 0.1) is 33.0 Å². The van der Waals surface area contributed by atoms with Crippen LogP contribution in [0.4, 0.5) is 0 Å². The first-order valence-electron chi connectivity index (χ1n) is 13.7. The van der Waals surface area contributed by atoms with Gasteiger partial charge in [0.25, 0.3) is 0 Å². The van der Waals surface area contributed by atoms with Crippen molar-refractivity contribution in [3.05, 3.63) is 46.3 Å². The number of hydrogen-bond acceptors (Lipinski definition) is 4. The number of allylic oxidation sites excluding steroid dienone is 6. The van der Waals surface area contributed by atoms with Crippen LogP contribution in [0.25, 0.3) is 0 Å². The molecular formula is C31H42O6. The molecule has 0 aromatic carbocycles. The van der Waals surface area contributed by atoms with Gasteiger partial charge in [-0.25, -0.2) is 4.79 Å². The quantitative estimate of drug-likeness (QED) is 0.426. The molecule has 0 bridgehead atoms. The van der Waals surface area contributed by atoms with Crippen molar-refractivity contribution in [2.24, 2.45) is 33.0 Å². The largest absolute Gasteiger partial charge is 0.483 e. The highest BCUT2D eigenvalue weighted by Gasteiger charge is 2.67. The maximum Gasteiger partial charge on any atom is 0.341 e. The highest BCUT2D eigenvalue weighted by molar-refractivity contribution is 5.74. The Hall–Kier alpha value is -2.34. The van der Waals surface area contributed by atoms with Gasteiger partial charge in [0.1, 0.15) is 11.9 Å². The second kappa shape index (κ2) is 8.08. The summed E-state index contributed by atoms with van der Waals surface area (Å²) in [4.78, 5) is 23.4. The van der Waals surface area contributed by atoms with Crippen LogP contribution in [-0.2, 0) is 14.3 Å². The smallest absolute Gasteiger partial charge is 0.341 e. The zero-order valence-electron chi connectivity index (χ0n) is 23.1. The van der Waals surface area contributed by atoms with Crippen LogP contribution >= 0.6 is 0 Å². The number of rotatable bonds is 4. The van der Waals surface area contributed by atoms with Gasteiger partial charge < -0.3 is 20.1 Å². The first-order valence-corrected chi connectivity index (χ1v) is 13.7. The van der Waals surface area contributed by atoms with Gasteiger partial charge in [-0.1, -0.05) is 45.4 Å². The van der Waals surface area contributed by atoms with Crippen molar-refractivity contribution in [3.63, 3.8) is 0 Å². The van der Waals surface area contributed by atoms with Gasteiger partial charge in [-0.05, 0) is 104 Å². The summed E-state index contributed by atoms with van der Waals surface area (Å²) in [6.45, 7) is 12.9.